The molecule has 2 aromatic rings. The lowest BCUT2D eigenvalue weighted by Gasteiger charge is -2.32. The summed E-state index contributed by atoms with van der Waals surface area (Å²) in [7, 11) is -1.75. The SMILES string of the molecule is COc1ccc(CCC2CCN(C(=O)CCS(=O)(=O)c3ccc(C)cc3)CC2)cc1. The van der Waals surface area contributed by atoms with Crippen LogP contribution in [0.25, 0.3) is 0 Å². The first-order valence-electron chi connectivity index (χ1n) is 10.6. The molecule has 30 heavy (non-hydrogen) atoms. The number of nitrogens with zero attached hydrogens (tertiary/aromatic N) is 1. The number of likely N-dealkylation sites (tertiary alicyclic amines) is 1. The summed E-state index contributed by atoms with van der Waals surface area (Å²) < 4.78 is 30.1. The topological polar surface area (TPSA) is 63.7 Å². The molecule has 0 saturated carbocycles. The molecule has 0 aliphatic carbocycles. The van der Waals surface area contributed by atoms with Crippen molar-refractivity contribution in [3.8, 4) is 5.75 Å². The van der Waals surface area contributed by atoms with Crippen molar-refractivity contribution in [3.63, 3.8) is 0 Å². The first-order valence-corrected chi connectivity index (χ1v) is 12.2. The van der Waals surface area contributed by atoms with Crippen molar-refractivity contribution < 1.29 is 17.9 Å². The quantitative estimate of drug-likeness (QED) is 0.635. The summed E-state index contributed by atoms with van der Waals surface area (Å²) in [5.41, 5.74) is 2.32. The smallest absolute Gasteiger partial charge is 0.223 e. The molecule has 2 aromatic carbocycles. The van der Waals surface area contributed by atoms with Gasteiger partial charge in [0.1, 0.15) is 5.75 Å². The van der Waals surface area contributed by atoms with E-state index in [1.165, 1.54) is 5.56 Å². The van der Waals surface area contributed by atoms with Crippen molar-refractivity contribution in [2.24, 2.45) is 5.92 Å². The Hall–Kier alpha value is -2.34. The molecule has 1 amide bonds. The van der Waals surface area contributed by atoms with Crippen LogP contribution >= 0.6 is 0 Å². The lowest BCUT2D eigenvalue weighted by atomic mass is 9.90. The van der Waals surface area contributed by atoms with E-state index < -0.39 is 9.84 Å². The van der Waals surface area contributed by atoms with E-state index in [-0.39, 0.29) is 23.0 Å². The van der Waals surface area contributed by atoms with Crippen molar-refractivity contribution in [2.45, 2.75) is 43.9 Å². The van der Waals surface area contributed by atoms with Gasteiger partial charge >= 0.3 is 0 Å². The minimum absolute atomic E-state index is 0.0483. The molecule has 1 saturated heterocycles. The van der Waals surface area contributed by atoms with Gasteiger partial charge in [-0.2, -0.15) is 0 Å². The fraction of sp³-hybridized carbons (Fsp3) is 0.458. The number of benzene rings is 2. The second-order valence-electron chi connectivity index (χ2n) is 8.09. The van der Waals surface area contributed by atoms with Crippen LogP contribution < -0.4 is 4.74 Å². The zero-order valence-corrected chi connectivity index (χ0v) is 18.7. The number of ether oxygens (including phenoxy) is 1. The van der Waals surface area contributed by atoms with Gasteiger partial charge in [0.15, 0.2) is 9.84 Å². The predicted molar refractivity (Wildman–Crippen MR) is 118 cm³/mol. The Balaban J connectivity index is 1.41. The molecule has 5 nitrogen and oxygen atoms in total. The number of methoxy groups -OCH3 is 1. The molecule has 0 radical (unpaired) electrons. The number of rotatable bonds is 8. The Morgan fingerprint density at radius 1 is 1.03 bits per heavy atom. The highest BCUT2D eigenvalue weighted by Gasteiger charge is 2.24. The van der Waals surface area contributed by atoms with Gasteiger partial charge in [-0.15, -0.1) is 0 Å². The Kier molecular flexibility index (Phi) is 7.53. The van der Waals surface area contributed by atoms with Crippen molar-refractivity contribution in [2.75, 3.05) is 26.0 Å². The van der Waals surface area contributed by atoms with Crippen LogP contribution in [0, 0.1) is 12.8 Å². The third-order valence-corrected chi connectivity index (χ3v) is 7.66. The number of hydrogen-bond acceptors (Lipinski definition) is 4. The number of piperidine rings is 1. The van der Waals surface area contributed by atoms with Gasteiger partial charge in [0, 0.05) is 19.5 Å². The van der Waals surface area contributed by atoms with Crippen molar-refractivity contribution in [1.29, 1.82) is 0 Å². The number of amides is 1. The monoisotopic (exact) mass is 429 g/mol. The summed E-state index contributed by atoms with van der Waals surface area (Å²) in [4.78, 5) is 14.6. The largest absolute Gasteiger partial charge is 0.497 e. The standard InChI is InChI=1S/C24H31NO4S/c1-19-3-11-23(12-4-19)30(27,28)18-15-24(26)25-16-13-21(14-17-25)6-5-20-7-9-22(29-2)10-8-20/h3-4,7-12,21H,5-6,13-18H2,1-2H3. The normalized spacial score (nSPS) is 15.2. The maximum Gasteiger partial charge on any atom is 0.223 e. The number of carbonyl (C=O) groups is 1. The van der Waals surface area contributed by atoms with E-state index in [0.29, 0.717) is 5.92 Å². The minimum Gasteiger partial charge on any atom is -0.497 e. The number of sulfone groups is 1. The lowest BCUT2D eigenvalue weighted by molar-refractivity contribution is -0.132. The van der Waals surface area contributed by atoms with Crippen LogP contribution in [0.2, 0.25) is 0 Å². The van der Waals surface area contributed by atoms with Gasteiger partial charge in [0.25, 0.3) is 0 Å². The molecule has 3 rings (SSSR count). The zero-order chi connectivity index (χ0) is 21.6. The molecule has 1 aliphatic rings. The van der Waals surface area contributed by atoms with E-state index in [4.69, 9.17) is 4.74 Å². The average Bonchev–Trinajstić information content (AvgIpc) is 2.77. The van der Waals surface area contributed by atoms with E-state index in [1.54, 1.807) is 31.4 Å². The second-order valence-corrected chi connectivity index (χ2v) is 10.2. The van der Waals surface area contributed by atoms with Gasteiger partial charge < -0.3 is 9.64 Å². The fourth-order valence-electron chi connectivity index (χ4n) is 3.88. The van der Waals surface area contributed by atoms with Gasteiger partial charge in [-0.05, 0) is 68.4 Å². The Morgan fingerprint density at radius 3 is 2.27 bits per heavy atom. The molecule has 0 N–H and O–H groups in total. The van der Waals surface area contributed by atoms with Crippen molar-refractivity contribution in [1.82, 2.24) is 4.90 Å². The molecule has 0 spiro atoms. The van der Waals surface area contributed by atoms with E-state index in [1.807, 2.05) is 24.0 Å². The summed E-state index contributed by atoms with van der Waals surface area (Å²) in [5.74, 6) is 1.29. The molecular weight excluding hydrogens is 398 g/mol. The predicted octanol–water partition coefficient (Wildman–Crippen LogP) is 4.04. The third kappa shape index (κ3) is 6.08. The Labute approximate surface area is 180 Å². The summed E-state index contributed by atoms with van der Waals surface area (Å²) in [5, 5.41) is 0. The van der Waals surface area contributed by atoms with Gasteiger partial charge in [0.05, 0.1) is 17.8 Å². The zero-order valence-electron chi connectivity index (χ0n) is 17.8. The molecule has 1 aliphatic heterocycles. The molecular formula is C24H31NO4S. The Bertz CT molecular complexity index is 928. The van der Waals surface area contributed by atoms with E-state index in [2.05, 4.69) is 12.1 Å². The van der Waals surface area contributed by atoms with Crippen LogP contribution in [-0.4, -0.2) is 45.2 Å². The van der Waals surface area contributed by atoms with E-state index in [0.717, 1.165) is 50.1 Å². The maximum atomic E-state index is 12.5. The summed E-state index contributed by atoms with van der Waals surface area (Å²) in [6.07, 6.45) is 4.14. The molecule has 0 bridgehead atoms. The first-order chi connectivity index (χ1) is 14.4. The van der Waals surface area contributed by atoms with Crippen LogP contribution in [0.1, 0.15) is 36.8 Å². The summed E-state index contributed by atoms with van der Waals surface area (Å²) >= 11 is 0. The van der Waals surface area contributed by atoms with E-state index in [9.17, 15) is 13.2 Å². The van der Waals surface area contributed by atoms with Crippen LogP contribution in [-0.2, 0) is 21.1 Å². The average molecular weight is 430 g/mol. The molecule has 1 heterocycles. The number of hydrogen-bond donors (Lipinski definition) is 0. The lowest BCUT2D eigenvalue weighted by Crippen LogP contribution is -2.39. The second kappa shape index (κ2) is 10.1. The highest BCUT2D eigenvalue weighted by Crippen LogP contribution is 2.24. The maximum absolute atomic E-state index is 12.5. The third-order valence-electron chi connectivity index (χ3n) is 5.93. The van der Waals surface area contributed by atoms with Crippen molar-refractivity contribution in [3.05, 3.63) is 59.7 Å². The van der Waals surface area contributed by atoms with E-state index >= 15 is 0 Å². The first kappa shape index (κ1) is 22.3. The van der Waals surface area contributed by atoms with Crippen LogP contribution in [0.3, 0.4) is 0 Å². The highest BCUT2D eigenvalue weighted by atomic mass is 32.2. The number of carbonyl (C=O) groups excluding carboxylic acids is 1. The fourth-order valence-corrected chi connectivity index (χ4v) is 5.11. The van der Waals surface area contributed by atoms with Gasteiger partial charge in [0.2, 0.25) is 5.91 Å². The molecule has 162 valence electrons. The van der Waals surface area contributed by atoms with Gasteiger partial charge in [-0.3, -0.25) is 4.79 Å². The minimum atomic E-state index is -3.42. The summed E-state index contributed by atoms with van der Waals surface area (Å²) in [6.45, 7) is 3.36. The van der Waals surface area contributed by atoms with Crippen LogP contribution in [0.5, 0.6) is 5.75 Å². The molecule has 6 heteroatoms. The Morgan fingerprint density at radius 2 is 1.67 bits per heavy atom. The van der Waals surface area contributed by atoms with Crippen LogP contribution in [0.4, 0.5) is 0 Å². The molecule has 0 atom stereocenters. The summed E-state index contributed by atoms with van der Waals surface area (Å²) in [6, 6.07) is 15.0. The molecule has 0 unspecified atom stereocenters. The molecule has 1 fully saturated rings. The van der Waals surface area contributed by atoms with Gasteiger partial charge in [-0.1, -0.05) is 29.8 Å². The highest BCUT2D eigenvalue weighted by molar-refractivity contribution is 7.91. The van der Waals surface area contributed by atoms with Crippen LogP contribution in [0.15, 0.2) is 53.4 Å². The molecule has 0 aromatic heterocycles. The van der Waals surface area contributed by atoms with Gasteiger partial charge in [-0.25, -0.2) is 8.42 Å². The number of aryl methyl sites for hydroxylation is 2. The van der Waals surface area contributed by atoms with Crippen molar-refractivity contribution >= 4 is 15.7 Å².